The number of amides is 2. The van der Waals surface area contributed by atoms with E-state index in [4.69, 9.17) is 0 Å². The zero-order valence-electron chi connectivity index (χ0n) is 15.1. The van der Waals surface area contributed by atoms with Gasteiger partial charge in [0.2, 0.25) is 17.7 Å². The molecule has 0 saturated heterocycles. The van der Waals surface area contributed by atoms with E-state index < -0.39 is 18.2 Å². The second-order valence-corrected chi connectivity index (χ2v) is 6.76. The minimum absolute atomic E-state index is 0.00815. The molecule has 0 saturated carbocycles. The quantitative estimate of drug-likeness (QED) is 0.685. The number of pyridine rings is 1. The van der Waals surface area contributed by atoms with E-state index in [0.717, 1.165) is 0 Å². The lowest BCUT2D eigenvalue weighted by Crippen LogP contribution is -2.35. The van der Waals surface area contributed by atoms with Gasteiger partial charge in [0.1, 0.15) is 0 Å². The Kier molecular flexibility index (Phi) is 7.85. The zero-order chi connectivity index (χ0) is 19.8. The minimum atomic E-state index is -4.46. The second kappa shape index (κ2) is 9.40. The number of alkyl halides is 3. The van der Waals surface area contributed by atoms with Gasteiger partial charge in [-0.05, 0) is 12.5 Å². The molecule has 0 fully saturated rings. The molecule has 2 amide bonds. The fourth-order valence-electron chi connectivity index (χ4n) is 1.84. The van der Waals surface area contributed by atoms with Crippen LogP contribution in [-0.2, 0) is 16.1 Å². The Bertz CT molecular complexity index is 613. The lowest BCUT2D eigenvalue weighted by atomic mass is 9.96. The summed E-state index contributed by atoms with van der Waals surface area (Å²) in [5.41, 5.74) is -0.138. The van der Waals surface area contributed by atoms with Crippen LogP contribution >= 0.6 is 0 Å². The van der Waals surface area contributed by atoms with Crippen LogP contribution in [0.3, 0.4) is 0 Å². The molecule has 0 aliphatic carbocycles. The molecule has 0 atom stereocenters. The van der Waals surface area contributed by atoms with Crippen LogP contribution in [0.1, 0.15) is 39.2 Å². The van der Waals surface area contributed by atoms with Gasteiger partial charge in [-0.1, -0.05) is 26.8 Å². The first-order valence-electron chi connectivity index (χ1n) is 8.17. The molecule has 0 radical (unpaired) electrons. The van der Waals surface area contributed by atoms with Gasteiger partial charge in [-0.15, -0.1) is 0 Å². The average molecular weight is 375 g/mol. The Morgan fingerprint density at radius 1 is 1.19 bits per heavy atom. The molecule has 0 aliphatic heterocycles. The minimum Gasteiger partial charge on any atom is -0.468 e. The van der Waals surface area contributed by atoms with Crippen molar-refractivity contribution in [3.8, 4) is 5.88 Å². The third-order valence-corrected chi connectivity index (χ3v) is 3.25. The molecule has 0 spiro atoms. The van der Waals surface area contributed by atoms with Gasteiger partial charge in [-0.2, -0.15) is 13.2 Å². The van der Waals surface area contributed by atoms with Gasteiger partial charge >= 0.3 is 6.18 Å². The van der Waals surface area contributed by atoms with Gasteiger partial charge in [0.05, 0.1) is 0 Å². The Morgan fingerprint density at radius 2 is 1.88 bits per heavy atom. The summed E-state index contributed by atoms with van der Waals surface area (Å²) < 4.78 is 41.4. The van der Waals surface area contributed by atoms with Crippen LogP contribution in [0.25, 0.3) is 0 Å². The Labute approximate surface area is 150 Å². The highest BCUT2D eigenvalue weighted by atomic mass is 19.4. The van der Waals surface area contributed by atoms with E-state index in [2.05, 4.69) is 20.4 Å². The topological polar surface area (TPSA) is 80.3 Å². The SMILES string of the molecule is CC(C)(C)C(=O)NCCCC(=O)NCc1cccnc1OCC(F)(F)F. The number of nitrogens with zero attached hydrogens (tertiary/aromatic N) is 1. The second-order valence-electron chi connectivity index (χ2n) is 6.76. The van der Waals surface area contributed by atoms with Gasteiger partial charge in [0.15, 0.2) is 6.61 Å². The summed E-state index contributed by atoms with van der Waals surface area (Å²) in [6.07, 6.45) is -2.51. The van der Waals surface area contributed by atoms with Crippen molar-refractivity contribution in [2.45, 2.75) is 46.3 Å². The number of hydrogen-bond acceptors (Lipinski definition) is 4. The van der Waals surface area contributed by atoms with Crippen molar-refractivity contribution in [1.82, 2.24) is 15.6 Å². The number of halogens is 3. The number of aromatic nitrogens is 1. The molecule has 0 aromatic carbocycles. The maximum atomic E-state index is 12.2. The summed E-state index contributed by atoms with van der Waals surface area (Å²) in [7, 11) is 0. The number of nitrogens with one attached hydrogen (secondary N) is 2. The monoisotopic (exact) mass is 375 g/mol. The first-order chi connectivity index (χ1) is 12.0. The Hall–Kier alpha value is -2.32. The van der Waals surface area contributed by atoms with E-state index in [1.165, 1.54) is 12.3 Å². The van der Waals surface area contributed by atoms with Crippen molar-refractivity contribution in [3.05, 3.63) is 23.9 Å². The third kappa shape index (κ3) is 8.68. The molecule has 0 aliphatic rings. The molecule has 146 valence electrons. The van der Waals surface area contributed by atoms with E-state index in [-0.39, 0.29) is 30.7 Å². The molecule has 0 unspecified atom stereocenters. The van der Waals surface area contributed by atoms with Crippen molar-refractivity contribution in [2.75, 3.05) is 13.2 Å². The van der Waals surface area contributed by atoms with E-state index in [0.29, 0.717) is 18.5 Å². The van der Waals surface area contributed by atoms with Crippen molar-refractivity contribution < 1.29 is 27.5 Å². The highest BCUT2D eigenvalue weighted by Crippen LogP contribution is 2.19. The number of ether oxygens (including phenoxy) is 1. The van der Waals surface area contributed by atoms with Crippen LogP contribution in [-0.4, -0.2) is 36.1 Å². The predicted octanol–water partition coefficient (Wildman–Crippen LogP) is 2.58. The summed E-state index contributed by atoms with van der Waals surface area (Å²) in [5, 5.41) is 5.34. The molecule has 0 bridgehead atoms. The van der Waals surface area contributed by atoms with Crippen molar-refractivity contribution in [3.63, 3.8) is 0 Å². The van der Waals surface area contributed by atoms with E-state index in [1.54, 1.807) is 26.8 Å². The standard InChI is InChI=1S/C17H24F3N3O3/c1-16(2,3)15(25)22-9-5-7-13(24)23-10-12-6-4-8-21-14(12)26-11-17(18,19)20/h4,6,8H,5,7,9-11H2,1-3H3,(H,22,25)(H,23,24). The van der Waals surface area contributed by atoms with Crippen molar-refractivity contribution in [2.24, 2.45) is 5.41 Å². The van der Waals surface area contributed by atoms with Crippen LogP contribution in [0.5, 0.6) is 5.88 Å². The first kappa shape index (κ1) is 21.7. The van der Waals surface area contributed by atoms with Gasteiger partial charge < -0.3 is 15.4 Å². The number of carbonyl (C=O) groups is 2. The molecule has 1 heterocycles. The fourth-order valence-corrected chi connectivity index (χ4v) is 1.84. The van der Waals surface area contributed by atoms with Gasteiger partial charge in [0, 0.05) is 36.7 Å². The summed E-state index contributed by atoms with van der Waals surface area (Å²) in [4.78, 5) is 27.3. The van der Waals surface area contributed by atoms with Crippen LogP contribution in [0, 0.1) is 5.41 Å². The smallest absolute Gasteiger partial charge is 0.422 e. The van der Waals surface area contributed by atoms with Crippen LogP contribution < -0.4 is 15.4 Å². The highest BCUT2D eigenvalue weighted by Gasteiger charge is 2.29. The summed E-state index contributed by atoms with van der Waals surface area (Å²) in [5.74, 6) is -0.539. The first-order valence-corrected chi connectivity index (χ1v) is 8.17. The van der Waals surface area contributed by atoms with Gasteiger partial charge in [0.25, 0.3) is 0 Å². The Balaban J connectivity index is 2.38. The molecule has 26 heavy (non-hydrogen) atoms. The van der Waals surface area contributed by atoms with Crippen LogP contribution in [0.4, 0.5) is 13.2 Å². The van der Waals surface area contributed by atoms with Gasteiger partial charge in [-0.25, -0.2) is 4.98 Å². The Morgan fingerprint density at radius 3 is 2.50 bits per heavy atom. The normalized spacial score (nSPS) is 11.8. The van der Waals surface area contributed by atoms with Crippen LogP contribution in [0.2, 0.25) is 0 Å². The third-order valence-electron chi connectivity index (χ3n) is 3.25. The van der Waals surface area contributed by atoms with E-state index in [1.807, 2.05) is 0 Å². The zero-order valence-corrected chi connectivity index (χ0v) is 15.1. The maximum Gasteiger partial charge on any atom is 0.422 e. The molecule has 1 rings (SSSR count). The number of rotatable bonds is 8. The largest absolute Gasteiger partial charge is 0.468 e. The lowest BCUT2D eigenvalue weighted by molar-refractivity contribution is -0.154. The predicted molar refractivity (Wildman–Crippen MR) is 89.3 cm³/mol. The fraction of sp³-hybridized carbons (Fsp3) is 0.588. The van der Waals surface area contributed by atoms with Crippen molar-refractivity contribution in [1.29, 1.82) is 0 Å². The van der Waals surface area contributed by atoms with E-state index >= 15 is 0 Å². The highest BCUT2D eigenvalue weighted by molar-refractivity contribution is 5.81. The molecule has 2 N–H and O–H groups in total. The molecular weight excluding hydrogens is 351 g/mol. The summed E-state index contributed by atoms with van der Waals surface area (Å²) in [6.45, 7) is 4.31. The molecule has 6 nitrogen and oxygen atoms in total. The lowest BCUT2D eigenvalue weighted by Gasteiger charge is -2.17. The maximum absolute atomic E-state index is 12.2. The van der Waals surface area contributed by atoms with Crippen molar-refractivity contribution >= 4 is 11.8 Å². The van der Waals surface area contributed by atoms with Crippen LogP contribution in [0.15, 0.2) is 18.3 Å². The number of hydrogen-bond donors (Lipinski definition) is 2. The molecule has 9 heteroatoms. The molecule has 1 aromatic heterocycles. The molecular formula is C17H24F3N3O3. The van der Waals surface area contributed by atoms with E-state index in [9.17, 15) is 22.8 Å². The van der Waals surface area contributed by atoms with Gasteiger partial charge in [-0.3, -0.25) is 9.59 Å². The average Bonchev–Trinajstić information content (AvgIpc) is 2.53. The summed E-state index contributed by atoms with van der Waals surface area (Å²) in [6, 6.07) is 3.08. The summed E-state index contributed by atoms with van der Waals surface area (Å²) >= 11 is 0. The molecule has 1 aromatic rings. The number of carbonyl (C=O) groups excluding carboxylic acids is 2.